The summed E-state index contributed by atoms with van der Waals surface area (Å²) >= 11 is 0. The highest BCUT2D eigenvalue weighted by Gasteiger charge is 2.05. The van der Waals surface area contributed by atoms with Gasteiger partial charge in [0.05, 0.1) is 0 Å². The first-order valence-electron chi connectivity index (χ1n) is 6.48. The highest BCUT2D eigenvalue weighted by Crippen LogP contribution is 2.16. The lowest BCUT2D eigenvalue weighted by Gasteiger charge is -2.24. The molecule has 1 aromatic rings. The standard InChI is InChI=1S/C14H23FN2/c1-2-3-4-11-17(12-5-10-16)14-8-6-13(15)7-9-14/h6-9H,2-5,10-12,16H2,1H3. The van der Waals surface area contributed by atoms with Crippen LogP contribution < -0.4 is 10.6 Å². The molecular weight excluding hydrogens is 215 g/mol. The minimum Gasteiger partial charge on any atom is -0.371 e. The lowest BCUT2D eigenvalue weighted by molar-refractivity contribution is 0.625. The van der Waals surface area contributed by atoms with Crippen molar-refractivity contribution in [1.29, 1.82) is 0 Å². The van der Waals surface area contributed by atoms with Crippen LogP contribution in [0, 0.1) is 5.82 Å². The maximum absolute atomic E-state index is 12.9. The van der Waals surface area contributed by atoms with Crippen molar-refractivity contribution in [3.05, 3.63) is 30.1 Å². The molecule has 0 amide bonds. The van der Waals surface area contributed by atoms with Gasteiger partial charge in [-0.1, -0.05) is 19.8 Å². The van der Waals surface area contributed by atoms with Gasteiger partial charge in [0, 0.05) is 18.8 Å². The molecule has 0 spiro atoms. The summed E-state index contributed by atoms with van der Waals surface area (Å²) in [5, 5.41) is 0. The second-order valence-electron chi connectivity index (χ2n) is 4.31. The number of rotatable bonds is 8. The fourth-order valence-corrected chi connectivity index (χ4v) is 1.86. The lowest BCUT2D eigenvalue weighted by atomic mass is 10.2. The van der Waals surface area contributed by atoms with E-state index in [1.165, 1.54) is 31.4 Å². The predicted octanol–water partition coefficient (Wildman–Crippen LogP) is 3.17. The molecule has 0 aromatic heterocycles. The lowest BCUT2D eigenvalue weighted by Crippen LogP contribution is -2.27. The Morgan fingerprint density at radius 2 is 1.71 bits per heavy atom. The molecule has 0 aliphatic rings. The predicted molar refractivity (Wildman–Crippen MR) is 71.8 cm³/mol. The average Bonchev–Trinajstić information content (AvgIpc) is 2.35. The summed E-state index contributed by atoms with van der Waals surface area (Å²) in [6.45, 7) is 4.87. The third kappa shape index (κ3) is 5.18. The molecule has 2 nitrogen and oxygen atoms in total. The third-order valence-corrected chi connectivity index (χ3v) is 2.86. The molecule has 0 aliphatic heterocycles. The molecular formula is C14H23FN2. The van der Waals surface area contributed by atoms with Crippen LogP contribution in [-0.2, 0) is 0 Å². The highest BCUT2D eigenvalue weighted by atomic mass is 19.1. The van der Waals surface area contributed by atoms with Crippen molar-refractivity contribution in [3.63, 3.8) is 0 Å². The number of halogens is 1. The number of unbranched alkanes of at least 4 members (excludes halogenated alkanes) is 2. The number of nitrogens with zero attached hydrogens (tertiary/aromatic N) is 1. The van der Waals surface area contributed by atoms with Crippen LogP contribution in [0.3, 0.4) is 0 Å². The maximum Gasteiger partial charge on any atom is 0.123 e. The molecule has 1 rings (SSSR count). The van der Waals surface area contributed by atoms with Gasteiger partial charge in [0.25, 0.3) is 0 Å². The molecule has 0 radical (unpaired) electrons. The Morgan fingerprint density at radius 1 is 1.06 bits per heavy atom. The Morgan fingerprint density at radius 3 is 2.29 bits per heavy atom. The van der Waals surface area contributed by atoms with Crippen molar-refractivity contribution in [1.82, 2.24) is 0 Å². The molecule has 0 bridgehead atoms. The molecule has 96 valence electrons. The van der Waals surface area contributed by atoms with Gasteiger partial charge < -0.3 is 10.6 Å². The normalized spacial score (nSPS) is 10.5. The quantitative estimate of drug-likeness (QED) is 0.705. The Labute approximate surface area is 104 Å². The minimum absolute atomic E-state index is 0.180. The Balaban J connectivity index is 2.57. The van der Waals surface area contributed by atoms with Crippen molar-refractivity contribution in [2.45, 2.75) is 32.6 Å². The van der Waals surface area contributed by atoms with Crippen LogP contribution in [0.15, 0.2) is 24.3 Å². The number of benzene rings is 1. The fourth-order valence-electron chi connectivity index (χ4n) is 1.86. The molecule has 0 saturated heterocycles. The fraction of sp³-hybridized carbons (Fsp3) is 0.571. The number of nitrogens with two attached hydrogens (primary N) is 1. The second-order valence-corrected chi connectivity index (χ2v) is 4.31. The van der Waals surface area contributed by atoms with Gasteiger partial charge in [-0.05, 0) is 43.7 Å². The first-order valence-corrected chi connectivity index (χ1v) is 6.48. The summed E-state index contributed by atoms with van der Waals surface area (Å²) in [4.78, 5) is 2.29. The second kappa shape index (κ2) is 8.07. The van der Waals surface area contributed by atoms with Crippen LogP contribution >= 0.6 is 0 Å². The first-order chi connectivity index (χ1) is 8.27. The number of hydrogen-bond donors (Lipinski definition) is 1. The topological polar surface area (TPSA) is 29.3 Å². The summed E-state index contributed by atoms with van der Waals surface area (Å²) in [6, 6.07) is 6.73. The van der Waals surface area contributed by atoms with Crippen molar-refractivity contribution in [3.8, 4) is 0 Å². The van der Waals surface area contributed by atoms with Gasteiger partial charge in [0.1, 0.15) is 5.82 Å². The molecule has 0 atom stereocenters. The maximum atomic E-state index is 12.9. The summed E-state index contributed by atoms with van der Waals surface area (Å²) in [7, 11) is 0. The highest BCUT2D eigenvalue weighted by molar-refractivity contribution is 5.46. The van der Waals surface area contributed by atoms with Crippen LogP contribution in [0.4, 0.5) is 10.1 Å². The van der Waals surface area contributed by atoms with Crippen molar-refractivity contribution in [2.75, 3.05) is 24.5 Å². The SMILES string of the molecule is CCCCCN(CCCN)c1ccc(F)cc1. The zero-order chi connectivity index (χ0) is 12.5. The van der Waals surface area contributed by atoms with E-state index >= 15 is 0 Å². The monoisotopic (exact) mass is 238 g/mol. The van der Waals surface area contributed by atoms with Crippen molar-refractivity contribution < 1.29 is 4.39 Å². The Hall–Kier alpha value is -1.09. The van der Waals surface area contributed by atoms with Crippen LogP contribution in [0.25, 0.3) is 0 Å². The number of hydrogen-bond acceptors (Lipinski definition) is 2. The minimum atomic E-state index is -0.180. The number of anilines is 1. The Bertz CT molecular complexity index is 298. The molecule has 0 heterocycles. The van der Waals surface area contributed by atoms with Crippen LogP contribution in [0.2, 0.25) is 0 Å². The van der Waals surface area contributed by atoms with E-state index in [1.807, 2.05) is 12.1 Å². The van der Waals surface area contributed by atoms with E-state index in [0.717, 1.165) is 25.2 Å². The molecule has 3 heteroatoms. The Kier molecular flexibility index (Phi) is 6.63. The van der Waals surface area contributed by atoms with E-state index in [-0.39, 0.29) is 5.82 Å². The van der Waals surface area contributed by atoms with E-state index in [0.29, 0.717) is 6.54 Å². The third-order valence-electron chi connectivity index (χ3n) is 2.86. The van der Waals surface area contributed by atoms with Crippen LogP contribution in [-0.4, -0.2) is 19.6 Å². The van der Waals surface area contributed by atoms with Gasteiger partial charge >= 0.3 is 0 Å². The molecule has 0 aliphatic carbocycles. The molecule has 0 saturated carbocycles. The zero-order valence-electron chi connectivity index (χ0n) is 10.7. The van der Waals surface area contributed by atoms with Crippen molar-refractivity contribution in [2.24, 2.45) is 5.73 Å². The summed E-state index contributed by atoms with van der Waals surface area (Å²) in [5.41, 5.74) is 6.64. The van der Waals surface area contributed by atoms with Crippen LogP contribution in [0.5, 0.6) is 0 Å². The summed E-state index contributed by atoms with van der Waals surface area (Å²) in [6.07, 6.45) is 4.61. The van der Waals surface area contributed by atoms with Gasteiger partial charge in [-0.3, -0.25) is 0 Å². The smallest absolute Gasteiger partial charge is 0.123 e. The molecule has 17 heavy (non-hydrogen) atoms. The van der Waals surface area contributed by atoms with Gasteiger partial charge in [-0.2, -0.15) is 0 Å². The van der Waals surface area contributed by atoms with Gasteiger partial charge in [-0.15, -0.1) is 0 Å². The van der Waals surface area contributed by atoms with Crippen LogP contribution in [0.1, 0.15) is 32.6 Å². The van der Waals surface area contributed by atoms with E-state index in [2.05, 4.69) is 11.8 Å². The van der Waals surface area contributed by atoms with E-state index in [9.17, 15) is 4.39 Å². The summed E-state index contributed by atoms with van der Waals surface area (Å²) < 4.78 is 12.9. The molecule has 2 N–H and O–H groups in total. The van der Waals surface area contributed by atoms with E-state index in [4.69, 9.17) is 5.73 Å². The van der Waals surface area contributed by atoms with Gasteiger partial charge in [-0.25, -0.2) is 4.39 Å². The molecule has 0 fully saturated rings. The summed E-state index contributed by atoms with van der Waals surface area (Å²) in [5.74, 6) is -0.180. The largest absolute Gasteiger partial charge is 0.371 e. The zero-order valence-corrected chi connectivity index (χ0v) is 10.7. The first kappa shape index (κ1) is 14.0. The van der Waals surface area contributed by atoms with E-state index < -0.39 is 0 Å². The van der Waals surface area contributed by atoms with Gasteiger partial charge in [0.2, 0.25) is 0 Å². The van der Waals surface area contributed by atoms with Gasteiger partial charge in [0.15, 0.2) is 0 Å². The molecule has 1 aromatic carbocycles. The van der Waals surface area contributed by atoms with E-state index in [1.54, 1.807) is 0 Å². The average molecular weight is 238 g/mol. The molecule has 0 unspecified atom stereocenters. The van der Waals surface area contributed by atoms with Crippen molar-refractivity contribution >= 4 is 5.69 Å².